The molecule has 0 saturated heterocycles. The summed E-state index contributed by atoms with van der Waals surface area (Å²) in [5.74, 6) is 1.74. The second-order valence-electron chi connectivity index (χ2n) is 6.55. The quantitative estimate of drug-likeness (QED) is 0.299. The fourth-order valence-corrected chi connectivity index (χ4v) is 5.02. The summed E-state index contributed by atoms with van der Waals surface area (Å²) in [5.41, 5.74) is 2.46. The molecular formula is C26H22O2S2. The van der Waals surface area contributed by atoms with E-state index in [0.29, 0.717) is 0 Å². The van der Waals surface area contributed by atoms with E-state index in [1.165, 1.54) is 30.7 Å². The fourth-order valence-electron chi connectivity index (χ4n) is 3.10. The number of rotatable bonds is 7. The fraction of sp³-hybridized carbons (Fsp3) is 0.0769. The summed E-state index contributed by atoms with van der Waals surface area (Å²) in [6, 6.07) is 33.5. The zero-order chi connectivity index (χ0) is 20.8. The van der Waals surface area contributed by atoms with E-state index in [1.54, 1.807) is 37.7 Å². The molecule has 0 bridgehead atoms. The van der Waals surface area contributed by atoms with Gasteiger partial charge in [-0.1, -0.05) is 59.9 Å². The van der Waals surface area contributed by atoms with Crippen LogP contribution >= 0.6 is 23.5 Å². The first kappa shape index (κ1) is 20.5. The van der Waals surface area contributed by atoms with Crippen molar-refractivity contribution in [2.75, 3.05) is 14.2 Å². The molecule has 0 aliphatic carbocycles. The lowest BCUT2D eigenvalue weighted by molar-refractivity contribution is 0.414. The lowest BCUT2D eigenvalue weighted by Gasteiger charge is -2.14. The van der Waals surface area contributed by atoms with Gasteiger partial charge in [-0.05, 0) is 71.8 Å². The molecule has 0 aromatic heterocycles. The van der Waals surface area contributed by atoms with Crippen molar-refractivity contribution in [1.82, 2.24) is 0 Å². The third-order valence-electron chi connectivity index (χ3n) is 4.64. The van der Waals surface area contributed by atoms with E-state index < -0.39 is 0 Å². The van der Waals surface area contributed by atoms with Crippen LogP contribution in [-0.2, 0) is 0 Å². The Bertz CT molecular complexity index is 1020. The van der Waals surface area contributed by atoms with Crippen LogP contribution in [0.1, 0.15) is 0 Å². The molecule has 0 spiro atoms. The Morgan fingerprint density at radius 3 is 1.20 bits per heavy atom. The van der Waals surface area contributed by atoms with Crippen LogP contribution in [0.3, 0.4) is 0 Å². The van der Waals surface area contributed by atoms with Gasteiger partial charge in [0.05, 0.1) is 14.2 Å². The van der Waals surface area contributed by atoms with Gasteiger partial charge in [0.2, 0.25) is 0 Å². The van der Waals surface area contributed by atoms with Crippen molar-refractivity contribution in [3.8, 4) is 22.6 Å². The SMILES string of the molecule is COc1ccc(Sc2ccccc2-c2ccccc2Sc2ccc(OC)cc2)cc1. The highest BCUT2D eigenvalue weighted by molar-refractivity contribution is 8.00. The van der Waals surface area contributed by atoms with Crippen LogP contribution in [0.2, 0.25) is 0 Å². The predicted octanol–water partition coefficient (Wildman–Crippen LogP) is 7.67. The van der Waals surface area contributed by atoms with Gasteiger partial charge in [0.15, 0.2) is 0 Å². The molecular weight excluding hydrogens is 408 g/mol. The third kappa shape index (κ3) is 4.84. The molecule has 4 aromatic carbocycles. The standard InChI is InChI=1S/C26H22O2S2/c1-27-19-11-15-21(16-12-19)29-25-9-5-3-7-23(25)24-8-4-6-10-26(24)30-22-17-13-20(28-2)14-18-22/h3-18H,1-2H3. The second-order valence-corrected chi connectivity index (χ2v) is 8.78. The van der Waals surface area contributed by atoms with E-state index in [-0.39, 0.29) is 0 Å². The zero-order valence-electron chi connectivity index (χ0n) is 16.9. The van der Waals surface area contributed by atoms with Crippen molar-refractivity contribution < 1.29 is 9.47 Å². The summed E-state index contributed by atoms with van der Waals surface area (Å²) >= 11 is 3.53. The van der Waals surface area contributed by atoms with Crippen LogP contribution in [-0.4, -0.2) is 14.2 Å². The molecule has 0 radical (unpaired) electrons. The van der Waals surface area contributed by atoms with Crippen LogP contribution in [0.25, 0.3) is 11.1 Å². The van der Waals surface area contributed by atoms with Gasteiger partial charge in [0.25, 0.3) is 0 Å². The molecule has 150 valence electrons. The first-order valence-electron chi connectivity index (χ1n) is 9.59. The molecule has 0 fully saturated rings. The van der Waals surface area contributed by atoms with E-state index in [1.807, 2.05) is 24.3 Å². The van der Waals surface area contributed by atoms with E-state index in [4.69, 9.17) is 9.47 Å². The third-order valence-corrected chi connectivity index (χ3v) is 6.81. The maximum Gasteiger partial charge on any atom is 0.118 e. The molecule has 0 saturated carbocycles. The minimum absolute atomic E-state index is 0.869. The average Bonchev–Trinajstić information content (AvgIpc) is 2.81. The Morgan fingerprint density at radius 2 is 0.833 bits per heavy atom. The molecule has 4 aromatic rings. The number of methoxy groups -OCH3 is 2. The Morgan fingerprint density at radius 1 is 0.467 bits per heavy atom. The minimum atomic E-state index is 0.869. The van der Waals surface area contributed by atoms with Crippen LogP contribution in [0.15, 0.2) is 117 Å². The highest BCUT2D eigenvalue weighted by Crippen LogP contribution is 2.42. The summed E-state index contributed by atoms with van der Waals surface area (Å²) in [5, 5.41) is 0. The largest absolute Gasteiger partial charge is 0.497 e. The molecule has 0 N–H and O–H groups in total. The first-order chi connectivity index (χ1) is 14.8. The van der Waals surface area contributed by atoms with E-state index in [0.717, 1.165) is 11.5 Å². The number of ether oxygens (including phenoxy) is 2. The van der Waals surface area contributed by atoms with Crippen LogP contribution in [0, 0.1) is 0 Å². The summed E-state index contributed by atoms with van der Waals surface area (Å²) in [6.45, 7) is 0. The molecule has 0 heterocycles. The molecule has 0 amide bonds. The lowest BCUT2D eigenvalue weighted by atomic mass is 10.1. The van der Waals surface area contributed by atoms with Crippen LogP contribution < -0.4 is 9.47 Å². The van der Waals surface area contributed by atoms with Crippen molar-refractivity contribution in [1.29, 1.82) is 0 Å². The normalized spacial score (nSPS) is 10.6. The minimum Gasteiger partial charge on any atom is -0.497 e. The molecule has 0 atom stereocenters. The van der Waals surface area contributed by atoms with Gasteiger partial charge < -0.3 is 9.47 Å². The molecule has 0 aliphatic heterocycles. The Kier molecular flexibility index (Phi) is 6.67. The van der Waals surface area contributed by atoms with Crippen molar-refractivity contribution in [3.05, 3.63) is 97.1 Å². The van der Waals surface area contributed by atoms with E-state index in [2.05, 4.69) is 72.8 Å². The van der Waals surface area contributed by atoms with Gasteiger partial charge in [-0.2, -0.15) is 0 Å². The number of hydrogen-bond donors (Lipinski definition) is 0. The molecule has 4 heteroatoms. The number of hydrogen-bond acceptors (Lipinski definition) is 4. The van der Waals surface area contributed by atoms with Gasteiger partial charge in [-0.25, -0.2) is 0 Å². The summed E-state index contributed by atoms with van der Waals surface area (Å²) < 4.78 is 10.6. The maximum atomic E-state index is 5.28. The number of benzene rings is 4. The van der Waals surface area contributed by atoms with Gasteiger partial charge in [-0.3, -0.25) is 0 Å². The second kappa shape index (κ2) is 9.79. The average molecular weight is 431 g/mol. The summed E-state index contributed by atoms with van der Waals surface area (Å²) in [6.07, 6.45) is 0. The Hall–Kier alpha value is -2.82. The zero-order valence-corrected chi connectivity index (χ0v) is 18.5. The molecule has 2 nitrogen and oxygen atoms in total. The van der Waals surface area contributed by atoms with Gasteiger partial charge >= 0.3 is 0 Å². The van der Waals surface area contributed by atoms with Crippen molar-refractivity contribution in [2.45, 2.75) is 19.6 Å². The Balaban J connectivity index is 1.65. The molecule has 0 unspecified atom stereocenters. The topological polar surface area (TPSA) is 18.5 Å². The van der Waals surface area contributed by atoms with E-state index >= 15 is 0 Å². The molecule has 4 rings (SSSR count). The van der Waals surface area contributed by atoms with Crippen LogP contribution in [0.5, 0.6) is 11.5 Å². The van der Waals surface area contributed by atoms with Crippen molar-refractivity contribution >= 4 is 23.5 Å². The highest BCUT2D eigenvalue weighted by Gasteiger charge is 2.11. The van der Waals surface area contributed by atoms with Gasteiger partial charge in [0, 0.05) is 19.6 Å². The highest BCUT2D eigenvalue weighted by atomic mass is 32.2. The maximum absolute atomic E-state index is 5.28. The molecule has 0 aliphatic rings. The summed E-state index contributed by atoms with van der Waals surface area (Å²) in [7, 11) is 3.38. The smallest absolute Gasteiger partial charge is 0.118 e. The van der Waals surface area contributed by atoms with Crippen molar-refractivity contribution in [2.24, 2.45) is 0 Å². The predicted molar refractivity (Wildman–Crippen MR) is 126 cm³/mol. The van der Waals surface area contributed by atoms with Crippen LogP contribution in [0.4, 0.5) is 0 Å². The summed E-state index contributed by atoms with van der Waals surface area (Å²) in [4.78, 5) is 4.82. The van der Waals surface area contributed by atoms with Gasteiger partial charge in [0.1, 0.15) is 11.5 Å². The van der Waals surface area contributed by atoms with E-state index in [9.17, 15) is 0 Å². The monoisotopic (exact) mass is 430 g/mol. The molecule has 30 heavy (non-hydrogen) atoms. The lowest BCUT2D eigenvalue weighted by Crippen LogP contribution is -1.87. The van der Waals surface area contributed by atoms with Crippen molar-refractivity contribution in [3.63, 3.8) is 0 Å². The Labute approximate surface area is 186 Å². The van der Waals surface area contributed by atoms with Gasteiger partial charge in [-0.15, -0.1) is 0 Å². The first-order valence-corrected chi connectivity index (χ1v) is 11.2.